The van der Waals surface area contributed by atoms with E-state index in [0.717, 1.165) is 10.8 Å². The Morgan fingerprint density at radius 3 is 2.64 bits per heavy atom. The zero-order chi connectivity index (χ0) is 17.4. The molecular formula is C17H13N3O3S2. The second kappa shape index (κ2) is 5.98. The number of benzene rings is 2. The van der Waals surface area contributed by atoms with Crippen LogP contribution in [0.4, 0.5) is 5.69 Å². The summed E-state index contributed by atoms with van der Waals surface area (Å²) in [7, 11) is -3.73. The molecule has 0 saturated carbocycles. The highest BCUT2D eigenvalue weighted by Crippen LogP contribution is 2.34. The first-order chi connectivity index (χ1) is 12.0. The van der Waals surface area contributed by atoms with Gasteiger partial charge in [0, 0.05) is 0 Å². The Labute approximate surface area is 148 Å². The van der Waals surface area contributed by atoms with Crippen LogP contribution in [-0.4, -0.2) is 18.6 Å². The number of thiophene rings is 1. The minimum Gasteiger partial charge on any atom is -0.333 e. The van der Waals surface area contributed by atoms with Gasteiger partial charge in [-0.25, -0.2) is 8.42 Å². The molecule has 0 amide bonds. The number of aromatic nitrogens is 2. The number of rotatable bonds is 4. The normalized spacial score (nSPS) is 11.7. The monoisotopic (exact) mass is 371 g/mol. The van der Waals surface area contributed by atoms with Crippen LogP contribution in [0, 0.1) is 6.92 Å². The molecule has 0 spiro atoms. The van der Waals surface area contributed by atoms with Crippen molar-refractivity contribution in [3.05, 3.63) is 59.7 Å². The van der Waals surface area contributed by atoms with Gasteiger partial charge in [-0.05, 0) is 41.3 Å². The Balaban J connectivity index is 1.71. The van der Waals surface area contributed by atoms with Gasteiger partial charge in [-0.3, -0.25) is 4.72 Å². The molecule has 0 aliphatic carbocycles. The Kier molecular flexibility index (Phi) is 3.78. The zero-order valence-corrected chi connectivity index (χ0v) is 14.8. The third-order valence-electron chi connectivity index (χ3n) is 3.66. The van der Waals surface area contributed by atoms with Crippen molar-refractivity contribution >= 4 is 37.8 Å². The number of sulfonamides is 1. The van der Waals surface area contributed by atoms with E-state index in [9.17, 15) is 8.42 Å². The van der Waals surface area contributed by atoms with Gasteiger partial charge in [0.2, 0.25) is 0 Å². The molecule has 0 radical (unpaired) electrons. The van der Waals surface area contributed by atoms with Crippen LogP contribution in [0.2, 0.25) is 0 Å². The summed E-state index contributed by atoms with van der Waals surface area (Å²) in [4.78, 5) is 4.94. The second-order valence-electron chi connectivity index (χ2n) is 5.42. The molecule has 0 aliphatic rings. The van der Waals surface area contributed by atoms with Gasteiger partial charge in [0.25, 0.3) is 15.9 Å². The third-order valence-corrected chi connectivity index (χ3v) is 5.93. The van der Waals surface area contributed by atoms with Crippen molar-refractivity contribution in [2.24, 2.45) is 0 Å². The van der Waals surface area contributed by atoms with Gasteiger partial charge in [-0.1, -0.05) is 35.5 Å². The van der Waals surface area contributed by atoms with Gasteiger partial charge >= 0.3 is 0 Å². The molecule has 0 bridgehead atoms. The van der Waals surface area contributed by atoms with E-state index in [1.807, 2.05) is 24.3 Å². The molecule has 2 aromatic heterocycles. The molecule has 2 aromatic carbocycles. The lowest BCUT2D eigenvalue weighted by Gasteiger charge is -2.08. The molecular weight excluding hydrogens is 358 g/mol. The van der Waals surface area contributed by atoms with Gasteiger partial charge in [-0.2, -0.15) is 4.98 Å². The predicted molar refractivity (Wildman–Crippen MR) is 97.1 cm³/mol. The van der Waals surface area contributed by atoms with Crippen molar-refractivity contribution in [3.8, 4) is 10.8 Å². The molecule has 4 aromatic rings. The molecule has 6 nitrogen and oxygen atoms in total. The average molecular weight is 371 g/mol. The third kappa shape index (κ3) is 3.01. The predicted octanol–water partition coefficient (Wildman–Crippen LogP) is 4.06. The summed E-state index contributed by atoms with van der Waals surface area (Å²) in [6.45, 7) is 1.71. The summed E-state index contributed by atoms with van der Waals surface area (Å²) in [6, 6.07) is 14.3. The number of hydrogen-bond acceptors (Lipinski definition) is 6. The summed E-state index contributed by atoms with van der Waals surface area (Å²) >= 11 is 1.33. The molecule has 1 N–H and O–H groups in total. The summed E-state index contributed by atoms with van der Waals surface area (Å²) in [5, 5.41) is 7.37. The summed E-state index contributed by atoms with van der Waals surface area (Å²) in [5.41, 5.74) is 0.418. The zero-order valence-electron chi connectivity index (χ0n) is 13.1. The lowest BCUT2D eigenvalue weighted by molar-refractivity contribution is 0.426. The largest absolute Gasteiger partial charge is 0.333 e. The summed E-state index contributed by atoms with van der Waals surface area (Å²) < 4.78 is 33.3. The fourth-order valence-corrected chi connectivity index (χ4v) is 4.42. The fraction of sp³-hybridized carbons (Fsp3) is 0.0588. The highest BCUT2D eigenvalue weighted by molar-refractivity contribution is 7.92. The number of nitrogens with zero attached hydrogens (tertiary/aromatic N) is 2. The smallest absolute Gasteiger partial charge is 0.270 e. The maximum Gasteiger partial charge on any atom is 0.270 e. The van der Waals surface area contributed by atoms with Crippen molar-refractivity contribution in [2.45, 2.75) is 11.8 Å². The van der Waals surface area contributed by atoms with Crippen molar-refractivity contribution in [3.63, 3.8) is 0 Å². The Morgan fingerprint density at radius 1 is 1.08 bits per heavy atom. The topological polar surface area (TPSA) is 85.1 Å². The first-order valence-electron chi connectivity index (χ1n) is 7.43. The number of anilines is 1. The molecule has 4 rings (SSSR count). The lowest BCUT2D eigenvalue weighted by atomic mass is 10.1. The number of fused-ring (bicyclic) bond motifs is 1. The summed E-state index contributed by atoms with van der Waals surface area (Å²) in [6.07, 6.45) is 0. The van der Waals surface area contributed by atoms with Crippen LogP contribution in [0.15, 0.2) is 63.3 Å². The van der Waals surface area contributed by atoms with E-state index >= 15 is 0 Å². The molecule has 25 heavy (non-hydrogen) atoms. The van der Waals surface area contributed by atoms with Gasteiger partial charge in [0.05, 0.1) is 10.6 Å². The Bertz CT molecular complexity index is 1160. The first-order valence-corrected chi connectivity index (χ1v) is 9.79. The number of aryl methyl sites for hydroxylation is 1. The van der Waals surface area contributed by atoms with Crippen molar-refractivity contribution in [1.82, 2.24) is 10.1 Å². The highest BCUT2D eigenvalue weighted by atomic mass is 32.2. The first kappa shape index (κ1) is 15.8. The van der Waals surface area contributed by atoms with E-state index in [4.69, 9.17) is 4.52 Å². The van der Waals surface area contributed by atoms with E-state index in [0.29, 0.717) is 22.3 Å². The maximum absolute atomic E-state index is 12.8. The maximum atomic E-state index is 12.8. The molecule has 2 heterocycles. The van der Waals surface area contributed by atoms with Gasteiger partial charge in [0.1, 0.15) is 4.88 Å². The van der Waals surface area contributed by atoms with Crippen LogP contribution < -0.4 is 4.72 Å². The molecule has 8 heteroatoms. The van der Waals surface area contributed by atoms with Gasteiger partial charge in [0.15, 0.2) is 5.82 Å². The standard InChI is InChI=1S/C17H13N3O3S2/c1-11-18-17(23-19-11)16-15(8-9-24-16)20-25(21,22)14-7-6-12-4-2-3-5-13(12)10-14/h2-10,20H,1H3. The number of hydrogen-bond donors (Lipinski definition) is 1. The minimum atomic E-state index is -3.73. The van der Waals surface area contributed by atoms with Gasteiger partial charge in [-0.15, -0.1) is 11.3 Å². The lowest BCUT2D eigenvalue weighted by Crippen LogP contribution is -2.12. The van der Waals surface area contributed by atoms with Crippen LogP contribution in [0.5, 0.6) is 0 Å². The average Bonchev–Trinajstić information content (AvgIpc) is 3.22. The van der Waals surface area contributed by atoms with Crippen LogP contribution in [0.1, 0.15) is 5.82 Å². The van der Waals surface area contributed by atoms with E-state index in [-0.39, 0.29) is 4.90 Å². The van der Waals surface area contributed by atoms with E-state index in [2.05, 4.69) is 14.9 Å². The SMILES string of the molecule is Cc1noc(-c2sccc2NS(=O)(=O)c2ccc3ccccc3c2)n1. The quantitative estimate of drug-likeness (QED) is 0.585. The second-order valence-corrected chi connectivity index (χ2v) is 8.02. The molecule has 0 saturated heterocycles. The van der Waals surface area contributed by atoms with Crippen LogP contribution in [0.3, 0.4) is 0 Å². The van der Waals surface area contributed by atoms with Gasteiger partial charge < -0.3 is 4.52 Å². The highest BCUT2D eigenvalue weighted by Gasteiger charge is 2.20. The minimum absolute atomic E-state index is 0.199. The molecule has 0 unspecified atom stereocenters. The van der Waals surface area contributed by atoms with Crippen molar-refractivity contribution < 1.29 is 12.9 Å². The Hall–Kier alpha value is -2.71. The number of nitrogens with one attached hydrogen (secondary N) is 1. The van der Waals surface area contributed by atoms with E-state index in [1.165, 1.54) is 11.3 Å². The molecule has 0 aliphatic heterocycles. The van der Waals surface area contributed by atoms with Crippen molar-refractivity contribution in [1.29, 1.82) is 0 Å². The molecule has 0 fully saturated rings. The van der Waals surface area contributed by atoms with Crippen LogP contribution in [0.25, 0.3) is 21.5 Å². The summed E-state index contributed by atoms with van der Waals surface area (Å²) in [5.74, 6) is 0.787. The van der Waals surface area contributed by atoms with Crippen LogP contribution >= 0.6 is 11.3 Å². The van der Waals surface area contributed by atoms with Crippen LogP contribution in [-0.2, 0) is 10.0 Å². The van der Waals surface area contributed by atoms with E-state index < -0.39 is 10.0 Å². The van der Waals surface area contributed by atoms with E-state index in [1.54, 1.807) is 36.6 Å². The Morgan fingerprint density at radius 2 is 1.88 bits per heavy atom. The van der Waals surface area contributed by atoms with Crippen molar-refractivity contribution in [2.75, 3.05) is 4.72 Å². The fourth-order valence-electron chi connectivity index (χ4n) is 2.48. The molecule has 0 atom stereocenters. The molecule has 126 valence electrons.